The maximum absolute atomic E-state index is 13.0. The van der Waals surface area contributed by atoms with Crippen molar-refractivity contribution in [3.05, 3.63) is 34.1 Å². The molecule has 0 aliphatic carbocycles. The van der Waals surface area contributed by atoms with Gasteiger partial charge < -0.3 is 0 Å². The van der Waals surface area contributed by atoms with Crippen LogP contribution in [0.3, 0.4) is 0 Å². The van der Waals surface area contributed by atoms with Crippen molar-refractivity contribution in [3.8, 4) is 0 Å². The highest BCUT2D eigenvalue weighted by molar-refractivity contribution is 9.10. The molecule has 0 N–H and O–H groups in total. The van der Waals surface area contributed by atoms with Gasteiger partial charge in [-0.3, -0.25) is 0 Å². The lowest BCUT2D eigenvalue weighted by Gasteiger charge is -2.05. The lowest BCUT2D eigenvalue weighted by molar-refractivity contribution is 0.620. The second-order valence-electron chi connectivity index (χ2n) is 3.11. The molecule has 72 valence electrons. The van der Waals surface area contributed by atoms with Crippen molar-refractivity contribution in [3.63, 3.8) is 0 Å². The first-order chi connectivity index (χ1) is 6.09. The summed E-state index contributed by atoms with van der Waals surface area (Å²) in [5.74, 6) is 0.698. The van der Waals surface area contributed by atoms with E-state index in [-0.39, 0.29) is 5.82 Å². The summed E-state index contributed by atoms with van der Waals surface area (Å²) in [4.78, 5) is 0. The van der Waals surface area contributed by atoms with Crippen LogP contribution in [0.25, 0.3) is 0 Å². The van der Waals surface area contributed by atoms with Gasteiger partial charge in [0.05, 0.1) is 4.47 Å². The average molecular weight is 263 g/mol. The molecule has 0 heterocycles. The van der Waals surface area contributed by atoms with Crippen LogP contribution >= 0.6 is 27.7 Å². The first kappa shape index (κ1) is 11.1. The van der Waals surface area contributed by atoms with Gasteiger partial charge in [0.1, 0.15) is 5.82 Å². The lowest BCUT2D eigenvalue weighted by Crippen LogP contribution is -1.90. The Bertz CT molecular complexity index is 286. The van der Waals surface area contributed by atoms with E-state index in [2.05, 4.69) is 29.8 Å². The zero-order chi connectivity index (χ0) is 9.84. The monoisotopic (exact) mass is 262 g/mol. The van der Waals surface area contributed by atoms with E-state index in [0.717, 1.165) is 11.3 Å². The number of halogens is 2. The Kier molecular flexibility index (Phi) is 4.26. The van der Waals surface area contributed by atoms with Gasteiger partial charge in [0, 0.05) is 5.75 Å². The van der Waals surface area contributed by atoms with Gasteiger partial charge in [-0.2, -0.15) is 11.8 Å². The number of rotatable bonds is 3. The fourth-order valence-corrected chi connectivity index (χ4v) is 1.84. The summed E-state index contributed by atoms with van der Waals surface area (Å²) in [5.41, 5.74) is 1.04. The topological polar surface area (TPSA) is 0 Å². The van der Waals surface area contributed by atoms with Crippen molar-refractivity contribution in [2.45, 2.75) is 24.9 Å². The second kappa shape index (κ2) is 5.01. The maximum atomic E-state index is 13.0. The molecule has 0 atom stereocenters. The van der Waals surface area contributed by atoms with E-state index in [1.807, 2.05) is 17.8 Å². The summed E-state index contributed by atoms with van der Waals surface area (Å²) in [5, 5.41) is 0.590. The quantitative estimate of drug-likeness (QED) is 0.786. The van der Waals surface area contributed by atoms with Gasteiger partial charge in [0.15, 0.2) is 0 Å². The number of hydrogen-bond donors (Lipinski definition) is 0. The predicted molar refractivity (Wildman–Crippen MR) is 60.5 cm³/mol. The molecule has 0 saturated heterocycles. The van der Waals surface area contributed by atoms with Crippen LogP contribution in [0, 0.1) is 5.82 Å². The molecule has 0 radical (unpaired) electrons. The number of hydrogen-bond acceptors (Lipinski definition) is 1. The molecule has 0 fully saturated rings. The molecular weight excluding hydrogens is 251 g/mol. The molecule has 3 heteroatoms. The fraction of sp³-hybridized carbons (Fsp3) is 0.400. The normalized spacial score (nSPS) is 10.8. The molecule has 13 heavy (non-hydrogen) atoms. The summed E-state index contributed by atoms with van der Waals surface area (Å²) >= 11 is 4.94. The summed E-state index contributed by atoms with van der Waals surface area (Å²) in [6.07, 6.45) is 0. The molecule has 1 rings (SSSR count). The van der Waals surface area contributed by atoms with E-state index in [9.17, 15) is 4.39 Å². The third-order valence-corrected chi connectivity index (χ3v) is 3.38. The Morgan fingerprint density at radius 2 is 2.15 bits per heavy atom. The van der Waals surface area contributed by atoms with Gasteiger partial charge >= 0.3 is 0 Å². The van der Waals surface area contributed by atoms with Gasteiger partial charge in [-0.1, -0.05) is 19.9 Å². The minimum Gasteiger partial charge on any atom is -0.206 e. The Morgan fingerprint density at radius 3 is 2.69 bits per heavy atom. The van der Waals surface area contributed by atoms with Crippen LogP contribution in [-0.4, -0.2) is 5.25 Å². The van der Waals surface area contributed by atoms with Crippen molar-refractivity contribution in [2.24, 2.45) is 0 Å². The van der Waals surface area contributed by atoms with Gasteiger partial charge in [-0.15, -0.1) is 0 Å². The zero-order valence-corrected chi connectivity index (χ0v) is 10.1. The molecule has 0 amide bonds. The first-order valence-corrected chi connectivity index (χ1v) is 5.99. The Hall–Kier alpha value is -0.0200. The minimum atomic E-state index is -0.179. The highest BCUT2D eigenvalue weighted by Gasteiger charge is 2.01. The van der Waals surface area contributed by atoms with Gasteiger partial charge in [0.25, 0.3) is 0 Å². The van der Waals surface area contributed by atoms with E-state index in [1.54, 1.807) is 12.1 Å². The van der Waals surface area contributed by atoms with Crippen LogP contribution in [0.1, 0.15) is 19.4 Å². The lowest BCUT2D eigenvalue weighted by atomic mass is 10.2. The zero-order valence-electron chi connectivity index (χ0n) is 7.68. The first-order valence-electron chi connectivity index (χ1n) is 4.15. The molecule has 1 aromatic rings. The van der Waals surface area contributed by atoms with Crippen LogP contribution in [0.15, 0.2) is 22.7 Å². The summed E-state index contributed by atoms with van der Waals surface area (Å²) in [6.45, 7) is 4.28. The Morgan fingerprint density at radius 1 is 1.46 bits per heavy atom. The Balaban J connectivity index is 2.63. The van der Waals surface area contributed by atoms with Crippen molar-refractivity contribution in [2.75, 3.05) is 0 Å². The summed E-state index contributed by atoms with van der Waals surface area (Å²) in [7, 11) is 0. The molecule has 0 spiro atoms. The highest BCUT2D eigenvalue weighted by Crippen LogP contribution is 2.21. The molecule has 0 aliphatic heterocycles. The van der Waals surface area contributed by atoms with E-state index in [4.69, 9.17) is 0 Å². The van der Waals surface area contributed by atoms with Crippen LogP contribution < -0.4 is 0 Å². The van der Waals surface area contributed by atoms with E-state index in [0.29, 0.717) is 9.72 Å². The van der Waals surface area contributed by atoms with Crippen LogP contribution in [0.2, 0.25) is 0 Å². The fourth-order valence-electron chi connectivity index (χ4n) is 0.892. The van der Waals surface area contributed by atoms with E-state index >= 15 is 0 Å². The second-order valence-corrected chi connectivity index (χ2v) is 5.53. The van der Waals surface area contributed by atoms with E-state index in [1.165, 1.54) is 0 Å². The average Bonchev–Trinajstić information content (AvgIpc) is 2.07. The van der Waals surface area contributed by atoms with Crippen LogP contribution in [-0.2, 0) is 5.75 Å². The largest absolute Gasteiger partial charge is 0.206 e. The van der Waals surface area contributed by atoms with Crippen LogP contribution in [0.4, 0.5) is 4.39 Å². The van der Waals surface area contributed by atoms with Crippen LogP contribution in [0.5, 0.6) is 0 Å². The van der Waals surface area contributed by atoms with Gasteiger partial charge in [-0.05, 0) is 38.9 Å². The molecule has 0 aliphatic rings. The summed E-state index contributed by atoms with van der Waals surface area (Å²) in [6, 6.07) is 5.29. The standard InChI is InChI=1S/C10H12BrFS/c1-7(2)13-6-8-3-4-9(11)10(12)5-8/h3-5,7H,6H2,1-2H3. The van der Waals surface area contributed by atoms with Gasteiger partial charge in [0.2, 0.25) is 0 Å². The molecule has 1 aromatic carbocycles. The van der Waals surface area contributed by atoms with E-state index < -0.39 is 0 Å². The molecule has 0 bridgehead atoms. The SMILES string of the molecule is CC(C)SCc1ccc(Br)c(F)c1. The van der Waals surface area contributed by atoms with Crippen molar-refractivity contribution < 1.29 is 4.39 Å². The summed E-state index contributed by atoms with van der Waals surface area (Å²) < 4.78 is 13.6. The molecule has 0 unspecified atom stereocenters. The van der Waals surface area contributed by atoms with Crippen molar-refractivity contribution in [1.29, 1.82) is 0 Å². The smallest absolute Gasteiger partial charge is 0.137 e. The third-order valence-electron chi connectivity index (χ3n) is 1.57. The predicted octanol–water partition coefficient (Wildman–Crippen LogP) is 4.23. The number of benzene rings is 1. The molecule has 0 nitrogen and oxygen atoms in total. The molecular formula is C10H12BrFS. The maximum Gasteiger partial charge on any atom is 0.137 e. The Labute approximate surface area is 91.0 Å². The number of thioether (sulfide) groups is 1. The van der Waals surface area contributed by atoms with Crippen molar-refractivity contribution in [1.82, 2.24) is 0 Å². The van der Waals surface area contributed by atoms with Crippen molar-refractivity contribution >= 4 is 27.7 Å². The molecule has 0 aromatic heterocycles. The molecule has 0 saturated carbocycles. The van der Waals surface area contributed by atoms with Gasteiger partial charge in [-0.25, -0.2) is 4.39 Å². The highest BCUT2D eigenvalue weighted by atomic mass is 79.9. The minimum absolute atomic E-state index is 0.179. The third kappa shape index (κ3) is 3.69.